The Balaban J connectivity index is 2.01. The molecule has 0 saturated heterocycles. The Morgan fingerprint density at radius 3 is 2.78 bits per heavy atom. The zero-order valence-corrected chi connectivity index (χ0v) is 13.3. The lowest BCUT2D eigenvalue weighted by Gasteiger charge is -2.28. The second-order valence-corrected chi connectivity index (χ2v) is 6.62. The molecule has 0 spiro atoms. The van der Waals surface area contributed by atoms with Gasteiger partial charge in [0, 0.05) is 11.1 Å². The summed E-state index contributed by atoms with van der Waals surface area (Å²) in [6.45, 7) is 0. The molecule has 0 radical (unpaired) electrons. The van der Waals surface area contributed by atoms with Crippen LogP contribution in [0.4, 0.5) is 5.13 Å². The first-order chi connectivity index (χ1) is 10.9. The first kappa shape index (κ1) is 17.1. The number of nitrogen functional groups attached to an aromatic ring is 1. The molecule has 6 N–H and O–H groups in total. The molecule has 2 rings (SSSR count). The van der Waals surface area contributed by atoms with Crippen molar-refractivity contribution in [2.75, 3.05) is 11.5 Å². The average molecular weight is 358 g/mol. The largest absolute Gasteiger partial charge is 0.480 e. The van der Waals surface area contributed by atoms with Gasteiger partial charge < -0.3 is 26.6 Å². The molecule has 23 heavy (non-hydrogen) atoms. The van der Waals surface area contributed by atoms with E-state index in [2.05, 4.69) is 15.6 Å². The number of carbonyl (C=O) groups is 3. The van der Waals surface area contributed by atoms with Crippen molar-refractivity contribution in [1.82, 2.24) is 15.6 Å². The molecule has 9 nitrogen and oxygen atoms in total. The molecular formula is C12H14N4O5S2. The average Bonchev–Trinajstić information content (AvgIpc) is 2.89. The molecule has 0 bridgehead atoms. The lowest BCUT2D eigenvalue weighted by Crippen LogP contribution is -2.54. The summed E-state index contributed by atoms with van der Waals surface area (Å²) in [6.07, 6.45) is 1.35. The van der Waals surface area contributed by atoms with Crippen molar-refractivity contribution in [2.45, 2.75) is 17.8 Å². The molecule has 0 fully saturated rings. The number of hydrogen-bond donors (Lipinski definition) is 5. The molecule has 0 aliphatic carbocycles. The molecule has 1 aromatic heterocycles. The Hall–Kier alpha value is -2.27. The van der Waals surface area contributed by atoms with E-state index in [9.17, 15) is 19.5 Å². The fourth-order valence-electron chi connectivity index (χ4n) is 1.88. The monoisotopic (exact) mass is 358 g/mol. The van der Waals surface area contributed by atoms with Crippen LogP contribution >= 0.6 is 23.1 Å². The number of thioether (sulfide) groups is 1. The van der Waals surface area contributed by atoms with Crippen molar-refractivity contribution in [2.24, 2.45) is 0 Å². The summed E-state index contributed by atoms with van der Waals surface area (Å²) in [4.78, 5) is 38.3. The first-order valence-electron chi connectivity index (χ1n) is 6.40. The van der Waals surface area contributed by atoms with Crippen LogP contribution in [0.5, 0.6) is 0 Å². The fourth-order valence-corrected chi connectivity index (χ4v) is 3.50. The van der Waals surface area contributed by atoms with Gasteiger partial charge in [-0.2, -0.15) is 0 Å². The second kappa shape index (κ2) is 7.33. The van der Waals surface area contributed by atoms with Gasteiger partial charge in [-0.05, 0) is 6.08 Å². The minimum absolute atomic E-state index is 0.0819. The second-order valence-electron chi connectivity index (χ2n) is 4.56. The molecule has 0 aromatic carbocycles. The summed E-state index contributed by atoms with van der Waals surface area (Å²) in [6, 6.07) is -1.27. The van der Waals surface area contributed by atoms with Gasteiger partial charge in [-0.3, -0.25) is 4.79 Å². The van der Waals surface area contributed by atoms with Crippen molar-refractivity contribution >= 4 is 46.1 Å². The highest BCUT2D eigenvalue weighted by Gasteiger charge is 2.33. The maximum absolute atomic E-state index is 12.0. The number of anilines is 1. The van der Waals surface area contributed by atoms with E-state index in [0.717, 1.165) is 0 Å². The van der Waals surface area contributed by atoms with Gasteiger partial charge in [0.1, 0.15) is 11.1 Å². The van der Waals surface area contributed by atoms with Gasteiger partial charge >= 0.3 is 11.9 Å². The van der Waals surface area contributed by atoms with Crippen LogP contribution in [-0.4, -0.2) is 50.2 Å². The Labute approximate surface area is 139 Å². The Kier molecular flexibility index (Phi) is 5.45. The zero-order chi connectivity index (χ0) is 17.0. The number of rotatable bonds is 6. The van der Waals surface area contributed by atoms with Gasteiger partial charge in [-0.1, -0.05) is 0 Å². The third-order valence-electron chi connectivity index (χ3n) is 2.89. The molecule has 1 aromatic rings. The predicted molar refractivity (Wildman–Crippen MR) is 84.9 cm³/mol. The highest BCUT2D eigenvalue weighted by molar-refractivity contribution is 8.00. The number of nitrogens with two attached hydrogens (primary N) is 1. The Bertz CT molecular complexity index is 660. The lowest BCUT2D eigenvalue weighted by molar-refractivity contribution is -0.142. The molecule has 1 aliphatic rings. The van der Waals surface area contributed by atoms with Crippen LogP contribution in [0.15, 0.2) is 17.2 Å². The zero-order valence-electron chi connectivity index (χ0n) is 11.7. The van der Waals surface area contributed by atoms with E-state index in [1.165, 1.54) is 29.2 Å². The normalized spacial score (nSPS) is 18.4. The quantitative estimate of drug-likeness (QED) is 0.451. The van der Waals surface area contributed by atoms with Crippen LogP contribution in [0.2, 0.25) is 0 Å². The maximum atomic E-state index is 12.0. The molecule has 2 heterocycles. The van der Waals surface area contributed by atoms with Crippen molar-refractivity contribution in [1.29, 1.82) is 0 Å². The van der Waals surface area contributed by atoms with Crippen LogP contribution in [0.1, 0.15) is 5.69 Å². The Morgan fingerprint density at radius 2 is 2.22 bits per heavy atom. The number of carboxylic acid groups (broad SMARTS) is 2. The van der Waals surface area contributed by atoms with E-state index in [1.54, 1.807) is 5.38 Å². The maximum Gasteiger partial charge on any atom is 0.351 e. The van der Waals surface area contributed by atoms with Gasteiger partial charge in [-0.15, -0.1) is 23.1 Å². The lowest BCUT2D eigenvalue weighted by atomic mass is 10.2. The number of thiazole rings is 1. The standard InChI is InChI=1S/C12H14N4O5S2/c13-12-14-5(4-23-12)3-7(17)16-8(11(20)21)9-15-6(10(18)19)1-2-22-9/h1,4,8-9,15H,2-3H2,(H2,13,14)(H,16,17)(H,18,19)(H,20,21)/t8-,9?/m0/s1. The van der Waals surface area contributed by atoms with Crippen molar-refractivity contribution in [3.8, 4) is 0 Å². The van der Waals surface area contributed by atoms with Gasteiger partial charge in [0.05, 0.1) is 12.1 Å². The Morgan fingerprint density at radius 1 is 1.48 bits per heavy atom. The molecule has 1 aliphatic heterocycles. The van der Waals surface area contributed by atoms with Gasteiger partial charge in [0.2, 0.25) is 5.91 Å². The number of aliphatic carboxylic acids is 2. The van der Waals surface area contributed by atoms with Crippen molar-refractivity contribution in [3.63, 3.8) is 0 Å². The molecular weight excluding hydrogens is 344 g/mol. The third-order valence-corrected chi connectivity index (χ3v) is 4.72. The van der Waals surface area contributed by atoms with E-state index < -0.39 is 29.3 Å². The molecule has 1 unspecified atom stereocenters. The minimum Gasteiger partial charge on any atom is -0.480 e. The number of carbonyl (C=O) groups excluding carboxylic acids is 1. The number of carboxylic acids is 2. The number of nitrogens with one attached hydrogen (secondary N) is 2. The molecule has 2 atom stereocenters. The molecule has 124 valence electrons. The summed E-state index contributed by atoms with van der Waals surface area (Å²) in [5.41, 5.74) is 5.84. The van der Waals surface area contributed by atoms with Gasteiger partial charge in [0.25, 0.3) is 0 Å². The number of aromatic nitrogens is 1. The van der Waals surface area contributed by atoms with E-state index >= 15 is 0 Å². The summed E-state index contributed by atoms with van der Waals surface area (Å²) in [5.74, 6) is -2.63. The van der Waals surface area contributed by atoms with E-state index in [1.807, 2.05) is 0 Å². The minimum atomic E-state index is -1.27. The van der Waals surface area contributed by atoms with E-state index in [-0.39, 0.29) is 12.1 Å². The van der Waals surface area contributed by atoms with Gasteiger partial charge in [0.15, 0.2) is 11.2 Å². The molecule has 0 saturated carbocycles. The predicted octanol–water partition coefficient (Wildman–Crippen LogP) is -0.532. The van der Waals surface area contributed by atoms with Crippen molar-refractivity contribution in [3.05, 3.63) is 22.8 Å². The first-order valence-corrected chi connectivity index (χ1v) is 8.33. The highest BCUT2D eigenvalue weighted by Crippen LogP contribution is 2.20. The fraction of sp³-hybridized carbons (Fsp3) is 0.333. The van der Waals surface area contributed by atoms with Crippen molar-refractivity contribution < 1.29 is 24.6 Å². The highest BCUT2D eigenvalue weighted by atomic mass is 32.2. The summed E-state index contributed by atoms with van der Waals surface area (Å²) >= 11 is 2.38. The van der Waals surface area contributed by atoms with Crippen LogP contribution < -0.4 is 16.4 Å². The van der Waals surface area contributed by atoms with Crippen LogP contribution in [-0.2, 0) is 20.8 Å². The van der Waals surface area contributed by atoms with Crippen LogP contribution in [0.25, 0.3) is 0 Å². The van der Waals surface area contributed by atoms with E-state index in [0.29, 0.717) is 16.6 Å². The van der Waals surface area contributed by atoms with Crippen LogP contribution in [0.3, 0.4) is 0 Å². The van der Waals surface area contributed by atoms with Crippen LogP contribution in [0, 0.1) is 0 Å². The molecule has 11 heteroatoms. The summed E-state index contributed by atoms with van der Waals surface area (Å²) in [7, 11) is 0. The smallest absolute Gasteiger partial charge is 0.351 e. The van der Waals surface area contributed by atoms with Gasteiger partial charge in [-0.25, -0.2) is 14.6 Å². The topological polar surface area (TPSA) is 155 Å². The molecule has 1 amide bonds. The third kappa shape index (κ3) is 4.60. The summed E-state index contributed by atoms with van der Waals surface area (Å²) in [5, 5.41) is 24.4. The summed E-state index contributed by atoms with van der Waals surface area (Å²) < 4.78 is 0. The van der Waals surface area contributed by atoms with E-state index in [4.69, 9.17) is 10.8 Å². The number of hydrogen-bond acceptors (Lipinski definition) is 8. The number of nitrogens with zero attached hydrogens (tertiary/aromatic N) is 1. The SMILES string of the molecule is Nc1nc(CC(=O)N[C@H](C(=O)O)C2NC(C(=O)O)=CCS2)cs1. The number of amides is 1.